The maximum absolute atomic E-state index is 13.2. The maximum Gasteiger partial charge on any atom is 0.293 e. The van der Waals surface area contributed by atoms with E-state index < -0.39 is 0 Å². The van der Waals surface area contributed by atoms with Crippen LogP contribution < -0.4 is 0 Å². The van der Waals surface area contributed by atoms with Crippen LogP contribution in [0.4, 0.5) is 4.79 Å². The van der Waals surface area contributed by atoms with Crippen LogP contribution in [0.5, 0.6) is 0 Å². The molecule has 0 atom stereocenters. The van der Waals surface area contributed by atoms with Gasteiger partial charge in [-0.05, 0) is 54.6 Å². The molecule has 0 N–H and O–H groups in total. The molecular weight excluding hydrogens is 482 g/mol. The quantitative estimate of drug-likeness (QED) is 0.369. The van der Waals surface area contributed by atoms with E-state index in [0.717, 1.165) is 71.7 Å². The lowest BCUT2D eigenvalue weighted by Crippen LogP contribution is -2.34. The number of para-hydroxylation sites is 1. The van der Waals surface area contributed by atoms with Gasteiger partial charge in [-0.2, -0.15) is 0 Å². The van der Waals surface area contributed by atoms with Crippen molar-refractivity contribution in [3.8, 4) is 0 Å². The summed E-state index contributed by atoms with van der Waals surface area (Å²) in [5.74, 6) is -0.114. The highest BCUT2D eigenvalue weighted by atomic mass is 32.2. The second kappa shape index (κ2) is 11.4. The summed E-state index contributed by atoms with van der Waals surface area (Å²) >= 11 is 0.993. The largest absolute Gasteiger partial charge is 0.341 e. The number of carbonyl (C=O) groups is 3. The van der Waals surface area contributed by atoms with E-state index in [0.29, 0.717) is 17.9 Å². The van der Waals surface area contributed by atoms with Crippen molar-refractivity contribution in [3.05, 3.63) is 76.3 Å². The van der Waals surface area contributed by atoms with Gasteiger partial charge in [-0.25, -0.2) is 0 Å². The van der Waals surface area contributed by atoms with Crippen molar-refractivity contribution in [3.63, 3.8) is 0 Å². The van der Waals surface area contributed by atoms with Crippen molar-refractivity contribution in [1.29, 1.82) is 0 Å². The van der Waals surface area contributed by atoms with Crippen molar-refractivity contribution >= 4 is 45.8 Å². The molecule has 2 saturated heterocycles. The second-order valence-corrected chi connectivity index (χ2v) is 10.7. The monoisotopic (exact) mass is 515 g/mol. The van der Waals surface area contributed by atoms with Gasteiger partial charge in [-0.1, -0.05) is 68.3 Å². The maximum atomic E-state index is 13.2. The van der Waals surface area contributed by atoms with Gasteiger partial charge < -0.3 is 9.47 Å². The first-order valence-corrected chi connectivity index (χ1v) is 14.0. The Morgan fingerprint density at radius 1 is 0.973 bits per heavy atom. The molecule has 2 aliphatic rings. The first-order valence-electron chi connectivity index (χ1n) is 13.2. The fourth-order valence-electron chi connectivity index (χ4n) is 5.28. The molecule has 0 aliphatic carbocycles. The van der Waals surface area contributed by atoms with Crippen LogP contribution in [0.2, 0.25) is 0 Å². The van der Waals surface area contributed by atoms with Crippen molar-refractivity contribution < 1.29 is 14.4 Å². The van der Waals surface area contributed by atoms with Crippen LogP contribution in [0, 0.1) is 0 Å². The van der Waals surface area contributed by atoms with Gasteiger partial charge in [0.15, 0.2) is 0 Å². The molecule has 0 spiro atoms. The van der Waals surface area contributed by atoms with Crippen molar-refractivity contribution in [1.82, 2.24) is 14.4 Å². The second-order valence-electron chi connectivity index (χ2n) is 9.74. The summed E-state index contributed by atoms with van der Waals surface area (Å²) in [6.07, 6.45) is 9.74. The molecule has 3 heterocycles. The topological polar surface area (TPSA) is 62.6 Å². The van der Waals surface area contributed by atoms with Crippen LogP contribution in [-0.4, -0.2) is 51.1 Å². The predicted molar refractivity (Wildman–Crippen MR) is 149 cm³/mol. The molecule has 0 saturated carbocycles. The van der Waals surface area contributed by atoms with E-state index in [1.165, 1.54) is 17.7 Å². The number of hydrogen-bond acceptors (Lipinski definition) is 4. The molecule has 5 rings (SSSR count). The first kappa shape index (κ1) is 25.3. The number of likely N-dealkylation sites (tertiary alicyclic amines) is 1. The van der Waals surface area contributed by atoms with Crippen LogP contribution >= 0.6 is 11.8 Å². The van der Waals surface area contributed by atoms with E-state index in [2.05, 4.69) is 13.0 Å². The number of hydrogen-bond donors (Lipinski definition) is 0. The Bertz CT molecular complexity index is 1340. The summed E-state index contributed by atoms with van der Waals surface area (Å²) in [5.41, 5.74) is 4.15. The van der Waals surface area contributed by atoms with E-state index >= 15 is 0 Å². The third-order valence-corrected chi connectivity index (χ3v) is 8.19. The zero-order valence-electron chi connectivity index (χ0n) is 21.3. The van der Waals surface area contributed by atoms with Gasteiger partial charge in [0.05, 0.1) is 10.4 Å². The molecule has 0 bridgehead atoms. The predicted octanol–water partition coefficient (Wildman–Crippen LogP) is 5.89. The fourth-order valence-corrected chi connectivity index (χ4v) is 6.13. The number of benzene rings is 2. The van der Waals surface area contributed by atoms with E-state index in [1.54, 1.807) is 0 Å². The average Bonchev–Trinajstić information content (AvgIpc) is 3.23. The highest BCUT2D eigenvalue weighted by Crippen LogP contribution is 2.35. The molecule has 2 aromatic carbocycles. The molecule has 0 unspecified atom stereocenters. The lowest BCUT2D eigenvalue weighted by Gasteiger charge is -2.21. The molecule has 7 heteroatoms. The highest BCUT2D eigenvalue weighted by Gasteiger charge is 2.35. The summed E-state index contributed by atoms with van der Waals surface area (Å²) in [4.78, 5) is 42.8. The van der Waals surface area contributed by atoms with Gasteiger partial charge in [0, 0.05) is 36.8 Å². The van der Waals surface area contributed by atoms with Gasteiger partial charge in [0.1, 0.15) is 6.54 Å². The van der Waals surface area contributed by atoms with Gasteiger partial charge in [0.25, 0.3) is 11.1 Å². The highest BCUT2D eigenvalue weighted by molar-refractivity contribution is 8.18. The van der Waals surface area contributed by atoms with Gasteiger partial charge in [0.2, 0.25) is 5.91 Å². The smallest absolute Gasteiger partial charge is 0.293 e. The van der Waals surface area contributed by atoms with Crippen LogP contribution in [0.15, 0.2) is 59.6 Å². The number of imide groups is 1. The zero-order valence-corrected chi connectivity index (χ0v) is 22.1. The molecule has 1 aromatic heterocycles. The molecule has 2 fully saturated rings. The van der Waals surface area contributed by atoms with Gasteiger partial charge in [-0.3, -0.25) is 19.3 Å². The van der Waals surface area contributed by atoms with Crippen LogP contribution in [-0.2, 0) is 29.0 Å². The van der Waals surface area contributed by atoms with E-state index in [9.17, 15) is 14.4 Å². The fraction of sp³-hybridized carbons (Fsp3) is 0.367. The SMILES string of the molecule is CCc1cccc2c(/C=C3\SC(=O)N(CCc4ccccc4)C3=O)cn(CC(=O)N3CCCCCC3)c12. The number of nitrogens with zero attached hydrogens (tertiary/aromatic N) is 3. The minimum atomic E-state index is -0.251. The third-order valence-electron chi connectivity index (χ3n) is 7.29. The molecule has 3 amide bonds. The van der Waals surface area contributed by atoms with Crippen LogP contribution in [0.1, 0.15) is 49.3 Å². The number of thioether (sulfide) groups is 1. The van der Waals surface area contributed by atoms with Crippen LogP contribution in [0.3, 0.4) is 0 Å². The van der Waals surface area contributed by atoms with Gasteiger partial charge in [-0.15, -0.1) is 0 Å². The Hall–Kier alpha value is -3.32. The molecule has 37 heavy (non-hydrogen) atoms. The molecule has 6 nitrogen and oxygen atoms in total. The lowest BCUT2D eigenvalue weighted by atomic mass is 10.1. The number of fused-ring (bicyclic) bond motifs is 1. The Morgan fingerprint density at radius 3 is 2.46 bits per heavy atom. The molecular formula is C30H33N3O3S. The first-order chi connectivity index (χ1) is 18.0. The molecule has 0 radical (unpaired) electrons. The molecule has 2 aliphatic heterocycles. The number of carbonyl (C=O) groups excluding carboxylic acids is 3. The normalized spacial score (nSPS) is 17.7. The molecule has 3 aromatic rings. The summed E-state index contributed by atoms with van der Waals surface area (Å²) in [6.45, 7) is 4.39. The van der Waals surface area contributed by atoms with Crippen LogP contribution in [0.25, 0.3) is 17.0 Å². The van der Waals surface area contributed by atoms with Crippen molar-refractivity contribution in [2.75, 3.05) is 19.6 Å². The van der Waals surface area contributed by atoms with E-state index in [4.69, 9.17) is 0 Å². The summed E-state index contributed by atoms with van der Waals surface area (Å²) in [7, 11) is 0. The van der Waals surface area contributed by atoms with Crippen molar-refractivity contribution in [2.24, 2.45) is 0 Å². The molecule has 192 valence electrons. The Kier molecular flexibility index (Phi) is 7.79. The minimum Gasteiger partial charge on any atom is -0.341 e. The number of amides is 3. The number of aryl methyl sites for hydroxylation is 1. The third kappa shape index (κ3) is 5.52. The van der Waals surface area contributed by atoms with E-state index in [-0.39, 0.29) is 23.6 Å². The average molecular weight is 516 g/mol. The van der Waals surface area contributed by atoms with Crippen molar-refractivity contribution in [2.45, 2.75) is 52.0 Å². The summed E-state index contributed by atoms with van der Waals surface area (Å²) in [5, 5.41) is 0.764. The summed E-state index contributed by atoms with van der Waals surface area (Å²) < 4.78 is 2.03. The van der Waals surface area contributed by atoms with Gasteiger partial charge >= 0.3 is 0 Å². The number of aromatic nitrogens is 1. The minimum absolute atomic E-state index is 0.137. The van der Waals surface area contributed by atoms with E-state index in [1.807, 2.05) is 64.2 Å². The zero-order chi connectivity index (χ0) is 25.8. The lowest BCUT2D eigenvalue weighted by molar-refractivity contribution is -0.131. The summed E-state index contributed by atoms with van der Waals surface area (Å²) in [6, 6.07) is 16.0. The number of rotatable bonds is 7. The standard InChI is InChI=1S/C30H33N3O3S/c1-2-23-13-10-14-25-24(20-32(28(23)25)21-27(34)31-16-8-3-4-9-17-31)19-26-29(35)33(30(36)37-26)18-15-22-11-6-5-7-12-22/h5-7,10-14,19-20H,2-4,8-9,15-18,21H2,1H3/b26-19-. The Balaban J connectivity index is 1.41. The Morgan fingerprint density at radius 2 is 1.73 bits per heavy atom. The Labute approximate surface area is 222 Å².